The van der Waals surface area contributed by atoms with Crippen LogP contribution in [0.15, 0.2) is 12.1 Å². The first-order chi connectivity index (χ1) is 11.3. The lowest BCUT2D eigenvalue weighted by Gasteiger charge is -2.18. The van der Waals surface area contributed by atoms with E-state index in [0.717, 1.165) is 0 Å². The Morgan fingerprint density at radius 3 is 2.33 bits per heavy atom. The van der Waals surface area contributed by atoms with Crippen molar-refractivity contribution in [2.45, 2.75) is 33.2 Å². The van der Waals surface area contributed by atoms with E-state index in [0.29, 0.717) is 45.2 Å². The SMILES string of the molecule is CCNC(=S)Nc1cc(NC(C)C(=O)O)cc(NC(=S)CC)c1Cl. The van der Waals surface area contributed by atoms with Crippen molar-refractivity contribution in [3.8, 4) is 0 Å². The van der Waals surface area contributed by atoms with Gasteiger partial charge in [0.1, 0.15) is 6.04 Å². The third-order valence-electron chi connectivity index (χ3n) is 3.01. The Morgan fingerprint density at radius 1 is 1.25 bits per heavy atom. The molecule has 0 heterocycles. The van der Waals surface area contributed by atoms with E-state index >= 15 is 0 Å². The van der Waals surface area contributed by atoms with Gasteiger partial charge in [-0.3, -0.25) is 4.79 Å². The fourth-order valence-electron chi connectivity index (χ4n) is 1.77. The Bertz CT molecular complexity index is 640. The molecular weight excluding hydrogens is 368 g/mol. The van der Waals surface area contributed by atoms with Crippen LogP contribution >= 0.6 is 36.0 Å². The topological polar surface area (TPSA) is 85.4 Å². The van der Waals surface area contributed by atoms with Crippen molar-refractivity contribution in [3.05, 3.63) is 17.2 Å². The Labute approximate surface area is 157 Å². The summed E-state index contributed by atoms with van der Waals surface area (Å²) in [6.45, 7) is 6.08. The molecule has 0 radical (unpaired) electrons. The number of benzene rings is 1. The maximum Gasteiger partial charge on any atom is 0.325 e. The summed E-state index contributed by atoms with van der Waals surface area (Å²) in [5.41, 5.74) is 1.71. The van der Waals surface area contributed by atoms with Crippen molar-refractivity contribution in [1.82, 2.24) is 5.32 Å². The molecule has 0 bridgehead atoms. The minimum absolute atomic E-state index is 0.416. The first-order valence-corrected chi connectivity index (χ1v) is 8.65. The van der Waals surface area contributed by atoms with Crippen molar-refractivity contribution in [1.29, 1.82) is 0 Å². The highest BCUT2D eigenvalue weighted by Crippen LogP contribution is 2.34. The average molecular weight is 389 g/mol. The molecule has 0 saturated heterocycles. The van der Waals surface area contributed by atoms with Gasteiger partial charge in [0, 0.05) is 12.2 Å². The van der Waals surface area contributed by atoms with Crippen LogP contribution in [-0.2, 0) is 4.79 Å². The second-order valence-corrected chi connectivity index (χ2v) is 6.25. The number of carbonyl (C=O) groups is 1. The summed E-state index contributed by atoms with van der Waals surface area (Å²) in [6.07, 6.45) is 0.660. The van der Waals surface area contributed by atoms with Crippen LogP contribution in [0, 0.1) is 0 Å². The molecule has 6 nitrogen and oxygen atoms in total. The second kappa shape index (κ2) is 9.61. The number of rotatable bonds is 7. The molecule has 9 heteroatoms. The molecule has 1 unspecified atom stereocenters. The maximum atomic E-state index is 11.1. The lowest BCUT2D eigenvalue weighted by molar-refractivity contribution is -0.137. The molecule has 0 amide bonds. The third kappa shape index (κ3) is 6.10. The summed E-state index contributed by atoms with van der Waals surface area (Å²) in [6, 6.07) is 2.65. The molecular formula is C15H21ClN4O2S2. The molecule has 0 aliphatic rings. The van der Waals surface area contributed by atoms with Gasteiger partial charge in [0.25, 0.3) is 0 Å². The fraction of sp³-hybridized carbons (Fsp3) is 0.400. The largest absolute Gasteiger partial charge is 0.480 e. The van der Waals surface area contributed by atoms with Crippen LogP contribution in [0.4, 0.5) is 17.1 Å². The van der Waals surface area contributed by atoms with Gasteiger partial charge in [-0.1, -0.05) is 30.7 Å². The predicted molar refractivity (Wildman–Crippen MR) is 109 cm³/mol. The highest BCUT2D eigenvalue weighted by Gasteiger charge is 2.15. The van der Waals surface area contributed by atoms with E-state index in [1.807, 2.05) is 13.8 Å². The molecule has 0 saturated carbocycles. The molecule has 1 rings (SSSR count). The van der Waals surface area contributed by atoms with Gasteiger partial charge in [0.15, 0.2) is 5.11 Å². The average Bonchev–Trinajstić information content (AvgIpc) is 2.51. The summed E-state index contributed by atoms with van der Waals surface area (Å²) in [5.74, 6) is -0.957. The molecule has 0 aliphatic carbocycles. The number of carboxylic acids is 1. The van der Waals surface area contributed by atoms with Gasteiger partial charge in [0.2, 0.25) is 0 Å². The lowest BCUT2D eigenvalue weighted by Crippen LogP contribution is -2.28. The molecule has 1 aromatic rings. The van der Waals surface area contributed by atoms with E-state index in [-0.39, 0.29) is 0 Å². The van der Waals surface area contributed by atoms with Crippen LogP contribution in [-0.4, -0.2) is 33.8 Å². The monoisotopic (exact) mass is 388 g/mol. The zero-order chi connectivity index (χ0) is 18.3. The highest BCUT2D eigenvalue weighted by atomic mass is 35.5. The van der Waals surface area contributed by atoms with Crippen LogP contribution in [0.2, 0.25) is 5.02 Å². The number of carboxylic acid groups (broad SMARTS) is 1. The zero-order valence-corrected chi connectivity index (χ0v) is 16.1. The molecule has 1 atom stereocenters. The summed E-state index contributed by atoms with van der Waals surface area (Å²) < 4.78 is 0. The molecule has 5 N–H and O–H groups in total. The van der Waals surface area contributed by atoms with Gasteiger partial charge in [-0.25, -0.2) is 0 Å². The zero-order valence-electron chi connectivity index (χ0n) is 13.7. The summed E-state index contributed by atoms with van der Waals surface area (Å²) >= 11 is 16.8. The smallest absolute Gasteiger partial charge is 0.325 e. The van der Waals surface area contributed by atoms with Crippen LogP contribution in [0.1, 0.15) is 27.2 Å². The number of thiocarbonyl (C=S) groups is 2. The Morgan fingerprint density at radius 2 is 1.83 bits per heavy atom. The fourth-order valence-corrected chi connectivity index (χ4v) is 2.33. The van der Waals surface area contributed by atoms with Gasteiger partial charge in [0.05, 0.1) is 21.4 Å². The Hall–Kier alpha value is -1.64. The molecule has 0 aromatic heterocycles. The van der Waals surface area contributed by atoms with Crippen molar-refractivity contribution in [2.24, 2.45) is 0 Å². The number of aliphatic carboxylic acids is 1. The Balaban J connectivity index is 3.19. The van der Waals surface area contributed by atoms with Gasteiger partial charge in [-0.05, 0) is 44.6 Å². The molecule has 0 fully saturated rings. The summed E-state index contributed by atoms with van der Waals surface area (Å²) in [4.78, 5) is 11.7. The normalized spacial score (nSPS) is 11.3. The molecule has 0 aliphatic heterocycles. The van der Waals surface area contributed by atoms with Crippen molar-refractivity contribution >= 4 is 69.2 Å². The van der Waals surface area contributed by atoms with Crippen molar-refractivity contribution in [2.75, 3.05) is 22.5 Å². The number of nitrogens with one attached hydrogen (secondary N) is 4. The third-order valence-corrected chi connectivity index (χ3v) is 4.05. The summed E-state index contributed by atoms with van der Waals surface area (Å²) in [7, 11) is 0. The minimum Gasteiger partial charge on any atom is -0.480 e. The van der Waals surface area contributed by atoms with Gasteiger partial charge >= 0.3 is 5.97 Å². The van der Waals surface area contributed by atoms with Gasteiger partial charge in [-0.2, -0.15) is 0 Å². The van der Waals surface area contributed by atoms with E-state index in [2.05, 4.69) is 21.3 Å². The summed E-state index contributed by atoms with van der Waals surface area (Å²) in [5, 5.41) is 21.8. The number of halogens is 1. The molecule has 132 valence electrons. The number of hydrogen-bond acceptors (Lipinski definition) is 4. The van der Waals surface area contributed by atoms with E-state index in [9.17, 15) is 4.79 Å². The van der Waals surface area contributed by atoms with Crippen LogP contribution in [0.25, 0.3) is 0 Å². The van der Waals surface area contributed by atoms with E-state index in [4.69, 9.17) is 41.1 Å². The number of hydrogen-bond donors (Lipinski definition) is 5. The lowest BCUT2D eigenvalue weighted by atomic mass is 10.2. The van der Waals surface area contributed by atoms with Crippen LogP contribution in [0.3, 0.4) is 0 Å². The van der Waals surface area contributed by atoms with Crippen LogP contribution in [0.5, 0.6) is 0 Å². The van der Waals surface area contributed by atoms with E-state index in [1.54, 1.807) is 19.1 Å². The minimum atomic E-state index is -0.957. The van der Waals surface area contributed by atoms with E-state index < -0.39 is 12.0 Å². The molecule has 1 aromatic carbocycles. The first kappa shape index (κ1) is 20.4. The van der Waals surface area contributed by atoms with E-state index in [1.165, 1.54) is 0 Å². The van der Waals surface area contributed by atoms with Gasteiger partial charge < -0.3 is 26.4 Å². The standard InChI is InChI=1S/C15H21ClN4O2S2/c1-4-12(23)19-10-6-9(18-8(3)14(21)22)7-11(13(10)16)20-15(24)17-5-2/h6-8,18H,4-5H2,1-3H3,(H,19,23)(H,21,22)(H2,17,20,24). The maximum absolute atomic E-state index is 11.1. The van der Waals surface area contributed by atoms with Crippen molar-refractivity contribution in [3.63, 3.8) is 0 Å². The number of anilines is 3. The molecule has 0 spiro atoms. The second-order valence-electron chi connectivity index (χ2n) is 4.98. The quantitative estimate of drug-likeness (QED) is 0.452. The van der Waals surface area contributed by atoms with Crippen molar-refractivity contribution < 1.29 is 9.90 Å². The first-order valence-electron chi connectivity index (χ1n) is 7.46. The van der Waals surface area contributed by atoms with Gasteiger partial charge in [-0.15, -0.1) is 0 Å². The Kier molecular flexibility index (Phi) is 8.17. The van der Waals surface area contributed by atoms with Crippen LogP contribution < -0.4 is 21.3 Å². The predicted octanol–water partition coefficient (Wildman–Crippen LogP) is 3.68. The molecule has 24 heavy (non-hydrogen) atoms. The highest BCUT2D eigenvalue weighted by molar-refractivity contribution is 7.80.